The van der Waals surface area contributed by atoms with Gasteiger partial charge >= 0.3 is 5.97 Å². The minimum Gasteiger partial charge on any atom is -0.480 e. The standard InChI is InChI=1S/C18H32N4O6S/c1-9(2)7-12(20-15(24)11(19)8-29)17(26)22-6-4-5-13(22)16(25)21-14(10(3)23)18(27)28/h9-14,23,29H,4-8,19H2,1-3H3,(H,20,24)(H,21,25)(H,27,28). The van der Waals surface area contributed by atoms with E-state index in [0.717, 1.165) is 0 Å². The van der Waals surface area contributed by atoms with Gasteiger partial charge in [0, 0.05) is 12.3 Å². The number of nitrogens with two attached hydrogens (primary N) is 1. The molecule has 0 saturated carbocycles. The third kappa shape index (κ3) is 7.16. The number of carboxylic acids is 1. The third-order valence-electron chi connectivity index (χ3n) is 4.74. The molecule has 29 heavy (non-hydrogen) atoms. The number of carbonyl (C=O) groups is 4. The number of hydrogen-bond acceptors (Lipinski definition) is 7. The summed E-state index contributed by atoms with van der Waals surface area (Å²) in [6, 6.07) is -4.05. The Kier molecular flexibility index (Phi) is 9.87. The molecule has 0 aliphatic carbocycles. The smallest absolute Gasteiger partial charge is 0.328 e. The molecule has 11 heteroatoms. The summed E-state index contributed by atoms with van der Waals surface area (Å²) >= 11 is 3.99. The Hall–Kier alpha value is -1.85. The number of hydrogen-bond donors (Lipinski definition) is 6. The topological polar surface area (TPSA) is 162 Å². The van der Waals surface area contributed by atoms with Gasteiger partial charge in [0.25, 0.3) is 0 Å². The lowest BCUT2D eigenvalue weighted by molar-refractivity contribution is -0.147. The molecule has 1 aliphatic heterocycles. The third-order valence-corrected chi connectivity index (χ3v) is 5.13. The molecule has 1 aliphatic rings. The lowest BCUT2D eigenvalue weighted by Gasteiger charge is -2.30. The Morgan fingerprint density at radius 2 is 1.83 bits per heavy atom. The van der Waals surface area contributed by atoms with Crippen molar-refractivity contribution < 1.29 is 29.4 Å². The van der Waals surface area contributed by atoms with Crippen molar-refractivity contribution in [3.8, 4) is 0 Å². The molecule has 1 rings (SSSR count). The first-order valence-electron chi connectivity index (χ1n) is 9.68. The van der Waals surface area contributed by atoms with Gasteiger partial charge in [-0.3, -0.25) is 14.4 Å². The van der Waals surface area contributed by atoms with Gasteiger partial charge in [-0.25, -0.2) is 4.79 Å². The van der Waals surface area contributed by atoms with Crippen LogP contribution in [0.5, 0.6) is 0 Å². The van der Waals surface area contributed by atoms with E-state index in [9.17, 15) is 24.3 Å². The van der Waals surface area contributed by atoms with Crippen molar-refractivity contribution in [1.82, 2.24) is 15.5 Å². The Labute approximate surface area is 176 Å². The predicted molar refractivity (Wildman–Crippen MR) is 109 cm³/mol. The van der Waals surface area contributed by atoms with Crippen LogP contribution in [0.4, 0.5) is 0 Å². The van der Waals surface area contributed by atoms with E-state index < -0.39 is 54.0 Å². The van der Waals surface area contributed by atoms with Gasteiger partial charge in [-0.2, -0.15) is 12.6 Å². The minimum atomic E-state index is -1.47. The summed E-state index contributed by atoms with van der Waals surface area (Å²) in [7, 11) is 0. The molecule has 1 heterocycles. The van der Waals surface area contributed by atoms with Crippen molar-refractivity contribution in [3.05, 3.63) is 0 Å². The molecule has 166 valence electrons. The molecule has 10 nitrogen and oxygen atoms in total. The van der Waals surface area contributed by atoms with E-state index in [1.807, 2.05) is 13.8 Å². The maximum Gasteiger partial charge on any atom is 0.328 e. The number of aliphatic carboxylic acids is 1. The second-order valence-electron chi connectivity index (χ2n) is 7.73. The van der Waals surface area contributed by atoms with Crippen LogP contribution in [-0.2, 0) is 19.2 Å². The van der Waals surface area contributed by atoms with Crippen molar-refractivity contribution in [2.45, 2.75) is 70.3 Å². The van der Waals surface area contributed by atoms with Gasteiger partial charge in [-0.15, -0.1) is 0 Å². The molecular weight excluding hydrogens is 400 g/mol. The quantitative estimate of drug-likeness (QED) is 0.234. The number of carboxylic acid groups (broad SMARTS) is 1. The highest BCUT2D eigenvalue weighted by molar-refractivity contribution is 7.80. The van der Waals surface area contributed by atoms with E-state index in [1.54, 1.807) is 0 Å². The van der Waals surface area contributed by atoms with Gasteiger partial charge in [0.15, 0.2) is 6.04 Å². The summed E-state index contributed by atoms with van der Waals surface area (Å²) < 4.78 is 0. The number of likely N-dealkylation sites (tertiary alicyclic amines) is 1. The maximum atomic E-state index is 13.1. The fourth-order valence-corrected chi connectivity index (χ4v) is 3.36. The maximum absolute atomic E-state index is 13.1. The van der Waals surface area contributed by atoms with Crippen LogP contribution in [0, 0.1) is 5.92 Å². The van der Waals surface area contributed by atoms with E-state index in [4.69, 9.17) is 10.8 Å². The van der Waals surface area contributed by atoms with E-state index in [-0.39, 0.29) is 11.7 Å². The summed E-state index contributed by atoms with van der Waals surface area (Å²) in [4.78, 5) is 50.5. The van der Waals surface area contributed by atoms with Crippen molar-refractivity contribution in [2.75, 3.05) is 12.3 Å². The fraction of sp³-hybridized carbons (Fsp3) is 0.778. The molecule has 5 atom stereocenters. The van der Waals surface area contributed by atoms with Crippen LogP contribution in [0.3, 0.4) is 0 Å². The van der Waals surface area contributed by atoms with E-state index >= 15 is 0 Å². The summed E-state index contributed by atoms with van der Waals surface area (Å²) in [5.74, 6) is -2.71. The minimum absolute atomic E-state index is 0.0954. The highest BCUT2D eigenvalue weighted by atomic mass is 32.1. The van der Waals surface area contributed by atoms with Crippen molar-refractivity contribution >= 4 is 36.3 Å². The predicted octanol–water partition coefficient (Wildman–Crippen LogP) is -1.28. The molecule has 0 spiro atoms. The molecule has 6 N–H and O–H groups in total. The molecule has 0 aromatic heterocycles. The van der Waals surface area contributed by atoms with Crippen molar-refractivity contribution in [1.29, 1.82) is 0 Å². The second kappa shape index (κ2) is 11.4. The number of aliphatic hydroxyl groups is 1. The molecule has 1 saturated heterocycles. The zero-order chi connectivity index (χ0) is 22.3. The summed E-state index contributed by atoms with van der Waals surface area (Å²) in [5.41, 5.74) is 5.68. The Morgan fingerprint density at radius 1 is 1.21 bits per heavy atom. The van der Waals surface area contributed by atoms with Gasteiger partial charge < -0.3 is 31.5 Å². The Balaban J connectivity index is 2.95. The Morgan fingerprint density at radius 3 is 2.31 bits per heavy atom. The lowest BCUT2D eigenvalue weighted by atomic mass is 10.0. The number of aliphatic hydroxyl groups excluding tert-OH is 1. The van der Waals surface area contributed by atoms with E-state index in [2.05, 4.69) is 23.3 Å². The molecule has 0 aromatic rings. The van der Waals surface area contributed by atoms with Gasteiger partial charge in [-0.05, 0) is 32.1 Å². The van der Waals surface area contributed by atoms with Gasteiger partial charge in [0.2, 0.25) is 17.7 Å². The van der Waals surface area contributed by atoms with Crippen LogP contribution in [0.25, 0.3) is 0 Å². The molecule has 0 radical (unpaired) electrons. The molecule has 3 amide bonds. The van der Waals surface area contributed by atoms with Crippen LogP contribution in [-0.4, -0.2) is 81.4 Å². The van der Waals surface area contributed by atoms with E-state index in [1.165, 1.54) is 11.8 Å². The van der Waals surface area contributed by atoms with Crippen molar-refractivity contribution in [3.63, 3.8) is 0 Å². The van der Waals surface area contributed by atoms with Crippen LogP contribution in [0.1, 0.15) is 40.0 Å². The highest BCUT2D eigenvalue weighted by Crippen LogP contribution is 2.21. The number of rotatable bonds is 10. The summed E-state index contributed by atoms with van der Waals surface area (Å²) in [6.45, 7) is 5.38. The molecular formula is C18H32N4O6S. The summed E-state index contributed by atoms with van der Waals surface area (Å²) in [6.07, 6.45) is -0.00501. The lowest BCUT2D eigenvalue weighted by Crippen LogP contribution is -2.58. The number of carbonyl (C=O) groups excluding carboxylic acids is 3. The average molecular weight is 433 g/mol. The highest BCUT2D eigenvalue weighted by Gasteiger charge is 2.39. The van der Waals surface area contributed by atoms with Crippen molar-refractivity contribution in [2.24, 2.45) is 11.7 Å². The summed E-state index contributed by atoms with van der Waals surface area (Å²) in [5, 5.41) is 23.7. The van der Waals surface area contributed by atoms with Gasteiger partial charge in [0.1, 0.15) is 12.1 Å². The molecule has 5 unspecified atom stereocenters. The molecule has 0 aromatic carbocycles. The second-order valence-corrected chi connectivity index (χ2v) is 8.10. The fourth-order valence-electron chi connectivity index (χ4n) is 3.20. The first kappa shape index (κ1) is 25.2. The first-order chi connectivity index (χ1) is 13.5. The first-order valence-corrected chi connectivity index (χ1v) is 10.3. The Bertz CT molecular complexity index is 615. The molecule has 0 bridgehead atoms. The monoisotopic (exact) mass is 432 g/mol. The number of amides is 3. The zero-order valence-electron chi connectivity index (χ0n) is 17.0. The van der Waals surface area contributed by atoms with Crippen LogP contribution >= 0.6 is 12.6 Å². The van der Waals surface area contributed by atoms with Gasteiger partial charge in [0.05, 0.1) is 12.1 Å². The number of nitrogens with zero attached hydrogens (tertiary/aromatic N) is 1. The number of thiol groups is 1. The largest absolute Gasteiger partial charge is 0.480 e. The average Bonchev–Trinajstić information content (AvgIpc) is 3.12. The van der Waals surface area contributed by atoms with Crippen LogP contribution in [0.15, 0.2) is 0 Å². The zero-order valence-corrected chi connectivity index (χ0v) is 17.9. The van der Waals surface area contributed by atoms with Crippen LogP contribution in [0.2, 0.25) is 0 Å². The SMILES string of the molecule is CC(C)CC(NC(=O)C(N)CS)C(=O)N1CCCC1C(=O)NC(C(=O)O)C(C)O. The van der Waals surface area contributed by atoms with Gasteiger partial charge in [-0.1, -0.05) is 13.8 Å². The van der Waals surface area contributed by atoms with Crippen LogP contribution < -0.4 is 16.4 Å². The van der Waals surface area contributed by atoms with E-state index in [0.29, 0.717) is 25.8 Å². The normalized spacial score (nSPS) is 20.7. The number of nitrogens with one attached hydrogen (secondary N) is 2. The molecule has 1 fully saturated rings.